The van der Waals surface area contributed by atoms with Gasteiger partial charge in [-0.15, -0.1) is 0 Å². The fraction of sp³-hybridized carbons (Fsp3) is 0.727. The molecular weight excluding hydrogens is 190 g/mol. The number of hydrogen-bond donors (Lipinski definition) is 1. The minimum atomic E-state index is 0.0333. The smallest absolute Gasteiger partial charge is 0.124 e. The van der Waals surface area contributed by atoms with Crippen LogP contribution in [0, 0.1) is 6.92 Å². The van der Waals surface area contributed by atoms with Crippen molar-refractivity contribution in [3.8, 4) is 0 Å². The zero-order chi connectivity index (χ0) is 11.1. The fourth-order valence-corrected chi connectivity index (χ4v) is 2.20. The summed E-state index contributed by atoms with van der Waals surface area (Å²) in [5, 5.41) is 4.44. The highest BCUT2D eigenvalue weighted by atomic mass is 16.5. The topological polar surface area (TPSA) is 53.1 Å². The normalized spacial score (nSPS) is 18.9. The van der Waals surface area contributed by atoms with Gasteiger partial charge in [-0.2, -0.15) is 5.10 Å². The van der Waals surface area contributed by atoms with E-state index in [1.165, 1.54) is 6.42 Å². The molecule has 0 bridgehead atoms. The lowest BCUT2D eigenvalue weighted by molar-refractivity contribution is -0.0715. The van der Waals surface area contributed by atoms with Gasteiger partial charge in [0.05, 0.1) is 11.3 Å². The number of nitrogen functional groups attached to an aromatic ring is 1. The largest absolute Gasteiger partial charge is 0.384 e. The van der Waals surface area contributed by atoms with Crippen LogP contribution >= 0.6 is 0 Å². The zero-order valence-electron chi connectivity index (χ0n) is 9.71. The van der Waals surface area contributed by atoms with Gasteiger partial charge in [0.1, 0.15) is 5.82 Å². The molecule has 1 heterocycles. The van der Waals surface area contributed by atoms with Crippen molar-refractivity contribution < 1.29 is 4.74 Å². The van der Waals surface area contributed by atoms with Crippen LogP contribution < -0.4 is 5.73 Å². The molecule has 4 heteroatoms. The lowest BCUT2D eigenvalue weighted by Gasteiger charge is -2.40. The van der Waals surface area contributed by atoms with E-state index in [1.54, 1.807) is 11.8 Å². The van der Waals surface area contributed by atoms with Crippen molar-refractivity contribution in [1.29, 1.82) is 0 Å². The van der Waals surface area contributed by atoms with E-state index in [-0.39, 0.29) is 5.60 Å². The summed E-state index contributed by atoms with van der Waals surface area (Å²) in [7, 11) is 3.67. The maximum atomic E-state index is 5.88. The molecule has 0 unspecified atom stereocenters. The third-order valence-corrected chi connectivity index (χ3v) is 3.62. The molecule has 0 saturated heterocycles. The van der Waals surface area contributed by atoms with Crippen LogP contribution in [-0.2, 0) is 18.2 Å². The number of anilines is 1. The summed E-state index contributed by atoms with van der Waals surface area (Å²) in [6, 6.07) is 0. The molecule has 0 radical (unpaired) electrons. The van der Waals surface area contributed by atoms with Gasteiger partial charge in [0, 0.05) is 26.1 Å². The molecule has 0 atom stereocenters. The van der Waals surface area contributed by atoms with Gasteiger partial charge in [0.25, 0.3) is 0 Å². The summed E-state index contributed by atoms with van der Waals surface area (Å²) >= 11 is 0. The van der Waals surface area contributed by atoms with Crippen LogP contribution in [0.4, 0.5) is 5.82 Å². The molecule has 2 rings (SSSR count). The van der Waals surface area contributed by atoms with Crippen LogP contribution in [-0.4, -0.2) is 22.5 Å². The number of aryl methyl sites for hydroxylation is 1. The summed E-state index contributed by atoms with van der Waals surface area (Å²) in [6.45, 7) is 2.03. The molecule has 0 aromatic carbocycles. The zero-order valence-corrected chi connectivity index (χ0v) is 9.71. The molecule has 0 aliphatic heterocycles. The Bertz CT molecular complexity index is 361. The lowest BCUT2D eigenvalue weighted by atomic mass is 9.76. The van der Waals surface area contributed by atoms with E-state index < -0.39 is 0 Å². The molecule has 1 aliphatic rings. The Balaban J connectivity index is 2.20. The molecule has 0 amide bonds. The summed E-state index contributed by atoms with van der Waals surface area (Å²) < 4.78 is 7.33. The third-order valence-electron chi connectivity index (χ3n) is 3.62. The Morgan fingerprint density at radius 1 is 1.53 bits per heavy atom. The highest BCUT2D eigenvalue weighted by Crippen LogP contribution is 2.38. The molecule has 2 N–H and O–H groups in total. The van der Waals surface area contributed by atoms with Gasteiger partial charge < -0.3 is 10.5 Å². The molecule has 1 fully saturated rings. The average Bonchev–Trinajstić information content (AvgIpc) is 2.40. The van der Waals surface area contributed by atoms with Gasteiger partial charge in [-0.05, 0) is 26.2 Å². The first-order chi connectivity index (χ1) is 7.08. The monoisotopic (exact) mass is 209 g/mol. The molecular formula is C11H19N3O. The SMILES string of the molecule is COC1(Cc2nn(C)c(N)c2C)CCC1. The number of rotatable bonds is 3. The van der Waals surface area contributed by atoms with Crippen LogP contribution in [0.2, 0.25) is 0 Å². The Morgan fingerprint density at radius 2 is 2.20 bits per heavy atom. The van der Waals surface area contributed by atoms with Gasteiger partial charge in [-0.1, -0.05) is 0 Å². The molecule has 1 aromatic rings. The molecule has 1 aliphatic carbocycles. The first kappa shape index (κ1) is 10.5. The van der Waals surface area contributed by atoms with E-state index in [1.807, 2.05) is 14.0 Å². The van der Waals surface area contributed by atoms with Gasteiger partial charge in [-0.3, -0.25) is 4.68 Å². The van der Waals surface area contributed by atoms with Crippen molar-refractivity contribution in [3.63, 3.8) is 0 Å². The second-order valence-corrected chi connectivity index (χ2v) is 4.50. The first-order valence-electron chi connectivity index (χ1n) is 5.41. The Morgan fingerprint density at radius 3 is 2.53 bits per heavy atom. The van der Waals surface area contributed by atoms with Crippen molar-refractivity contribution in [2.75, 3.05) is 12.8 Å². The summed E-state index contributed by atoms with van der Waals surface area (Å²) in [5.41, 5.74) is 8.09. The highest BCUT2D eigenvalue weighted by molar-refractivity contribution is 5.42. The summed E-state index contributed by atoms with van der Waals surface area (Å²) in [6.07, 6.45) is 4.43. The van der Waals surface area contributed by atoms with E-state index in [9.17, 15) is 0 Å². The number of nitrogens with two attached hydrogens (primary N) is 1. The summed E-state index contributed by atoms with van der Waals surface area (Å²) in [5.74, 6) is 0.760. The predicted octanol–water partition coefficient (Wildman–Crippen LogP) is 1.42. The maximum Gasteiger partial charge on any atom is 0.124 e. The van der Waals surface area contributed by atoms with Crippen molar-refractivity contribution in [2.24, 2.45) is 7.05 Å². The third kappa shape index (κ3) is 1.63. The molecule has 4 nitrogen and oxygen atoms in total. The van der Waals surface area contributed by atoms with Crippen LogP contribution in [0.15, 0.2) is 0 Å². The maximum absolute atomic E-state index is 5.88. The minimum absolute atomic E-state index is 0.0333. The molecule has 1 saturated carbocycles. The molecule has 1 aromatic heterocycles. The molecule has 15 heavy (non-hydrogen) atoms. The quantitative estimate of drug-likeness (QED) is 0.819. The summed E-state index contributed by atoms with van der Waals surface area (Å²) in [4.78, 5) is 0. The van der Waals surface area contributed by atoms with Crippen molar-refractivity contribution in [1.82, 2.24) is 9.78 Å². The standard InChI is InChI=1S/C11H19N3O/c1-8-9(13-14(2)10(8)12)7-11(15-3)5-4-6-11/h4-7,12H2,1-3H3. The number of methoxy groups -OCH3 is 1. The predicted molar refractivity (Wildman–Crippen MR) is 59.7 cm³/mol. The van der Waals surface area contributed by atoms with Gasteiger partial charge in [0.2, 0.25) is 0 Å². The van der Waals surface area contributed by atoms with E-state index in [2.05, 4.69) is 5.10 Å². The Kier molecular flexibility index (Phi) is 2.46. The Hall–Kier alpha value is -1.03. The number of nitrogens with zero attached hydrogens (tertiary/aromatic N) is 2. The van der Waals surface area contributed by atoms with Crippen LogP contribution in [0.25, 0.3) is 0 Å². The fourth-order valence-electron chi connectivity index (χ4n) is 2.20. The number of ether oxygens (including phenoxy) is 1. The van der Waals surface area contributed by atoms with Crippen LogP contribution in [0.5, 0.6) is 0 Å². The number of aromatic nitrogens is 2. The van der Waals surface area contributed by atoms with Crippen molar-refractivity contribution in [2.45, 2.75) is 38.2 Å². The van der Waals surface area contributed by atoms with E-state index in [0.29, 0.717) is 0 Å². The first-order valence-corrected chi connectivity index (χ1v) is 5.41. The number of hydrogen-bond acceptors (Lipinski definition) is 3. The van der Waals surface area contributed by atoms with E-state index >= 15 is 0 Å². The Labute approximate surface area is 90.4 Å². The van der Waals surface area contributed by atoms with Gasteiger partial charge in [-0.25, -0.2) is 0 Å². The van der Waals surface area contributed by atoms with Crippen LogP contribution in [0.3, 0.4) is 0 Å². The van der Waals surface area contributed by atoms with Crippen LogP contribution in [0.1, 0.15) is 30.5 Å². The molecule has 84 valence electrons. The van der Waals surface area contributed by atoms with Gasteiger partial charge >= 0.3 is 0 Å². The minimum Gasteiger partial charge on any atom is -0.384 e. The average molecular weight is 209 g/mol. The highest BCUT2D eigenvalue weighted by Gasteiger charge is 2.38. The van der Waals surface area contributed by atoms with Crippen molar-refractivity contribution in [3.05, 3.63) is 11.3 Å². The van der Waals surface area contributed by atoms with Gasteiger partial charge in [0.15, 0.2) is 0 Å². The molecule has 0 spiro atoms. The van der Waals surface area contributed by atoms with E-state index in [0.717, 1.165) is 36.3 Å². The lowest BCUT2D eigenvalue weighted by Crippen LogP contribution is -2.41. The van der Waals surface area contributed by atoms with E-state index in [4.69, 9.17) is 10.5 Å². The van der Waals surface area contributed by atoms with Crippen molar-refractivity contribution >= 4 is 5.82 Å². The second-order valence-electron chi connectivity index (χ2n) is 4.50. The second kappa shape index (κ2) is 3.52.